The Hall–Kier alpha value is -2.28. The van der Waals surface area contributed by atoms with Crippen molar-refractivity contribution in [3.05, 3.63) is 53.6 Å². The molecule has 1 aliphatic heterocycles. The van der Waals surface area contributed by atoms with E-state index in [0.29, 0.717) is 30.8 Å². The van der Waals surface area contributed by atoms with Gasteiger partial charge in [0.25, 0.3) is 5.91 Å². The van der Waals surface area contributed by atoms with E-state index in [4.69, 9.17) is 0 Å². The summed E-state index contributed by atoms with van der Waals surface area (Å²) in [5, 5.41) is 9.13. The first-order valence-corrected chi connectivity index (χ1v) is 8.83. The fraction of sp³-hybridized carbons (Fsp3) is 0.300. The molecule has 0 radical (unpaired) electrons. The SMILES string of the molecule is CCNCc1ccccc1NC(=O)c1ccc2c(c1)NC(=O)CCN2C.Cl.Cl. The van der Waals surface area contributed by atoms with Crippen LogP contribution in [0.2, 0.25) is 0 Å². The number of nitrogens with zero attached hydrogens (tertiary/aromatic N) is 1. The Morgan fingerprint density at radius 2 is 1.93 bits per heavy atom. The monoisotopic (exact) mass is 424 g/mol. The van der Waals surface area contributed by atoms with Crippen LogP contribution in [0.3, 0.4) is 0 Å². The van der Waals surface area contributed by atoms with E-state index >= 15 is 0 Å². The molecule has 0 saturated heterocycles. The summed E-state index contributed by atoms with van der Waals surface area (Å²) in [4.78, 5) is 26.6. The minimum Gasteiger partial charge on any atom is -0.372 e. The Kier molecular flexibility index (Phi) is 9.25. The quantitative estimate of drug-likeness (QED) is 0.684. The van der Waals surface area contributed by atoms with Gasteiger partial charge in [-0.05, 0) is 36.4 Å². The van der Waals surface area contributed by atoms with Crippen LogP contribution in [-0.2, 0) is 11.3 Å². The number of para-hydroxylation sites is 1. The van der Waals surface area contributed by atoms with E-state index in [1.807, 2.05) is 49.2 Å². The smallest absolute Gasteiger partial charge is 0.255 e. The molecule has 2 aromatic carbocycles. The molecule has 3 rings (SSSR count). The van der Waals surface area contributed by atoms with Crippen LogP contribution in [0.15, 0.2) is 42.5 Å². The summed E-state index contributed by atoms with van der Waals surface area (Å²) in [6.07, 6.45) is 0.435. The van der Waals surface area contributed by atoms with Crippen LogP contribution in [0.1, 0.15) is 29.3 Å². The zero-order chi connectivity index (χ0) is 18.5. The first kappa shape index (κ1) is 23.8. The second kappa shape index (κ2) is 10.9. The minimum atomic E-state index is -0.196. The van der Waals surface area contributed by atoms with E-state index in [9.17, 15) is 9.59 Å². The van der Waals surface area contributed by atoms with Crippen molar-refractivity contribution in [1.82, 2.24) is 5.32 Å². The van der Waals surface area contributed by atoms with Gasteiger partial charge in [0, 0.05) is 37.8 Å². The second-order valence-electron chi connectivity index (χ2n) is 6.34. The lowest BCUT2D eigenvalue weighted by atomic mass is 10.1. The number of carbonyl (C=O) groups is 2. The number of hydrogen-bond donors (Lipinski definition) is 3. The maximum atomic E-state index is 12.7. The van der Waals surface area contributed by atoms with Crippen molar-refractivity contribution in [1.29, 1.82) is 0 Å². The van der Waals surface area contributed by atoms with Gasteiger partial charge < -0.3 is 20.9 Å². The summed E-state index contributed by atoms with van der Waals surface area (Å²) in [7, 11) is 1.94. The number of halogens is 2. The molecule has 3 N–H and O–H groups in total. The Morgan fingerprint density at radius 3 is 2.68 bits per heavy atom. The average Bonchev–Trinajstić information content (AvgIpc) is 2.79. The molecule has 0 unspecified atom stereocenters. The zero-order valence-electron chi connectivity index (χ0n) is 16.0. The fourth-order valence-corrected chi connectivity index (χ4v) is 2.96. The lowest BCUT2D eigenvalue weighted by Crippen LogP contribution is -2.19. The largest absolute Gasteiger partial charge is 0.372 e. The minimum absolute atomic E-state index is 0. The van der Waals surface area contributed by atoms with E-state index in [0.717, 1.165) is 23.5 Å². The van der Waals surface area contributed by atoms with Crippen LogP contribution < -0.4 is 20.9 Å². The summed E-state index contributed by atoms with van der Waals surface area (Å²) >= 11 is 0. The van der Waals surface area contributed by atoms with Crippen molar-refractivity contribution in [3.63, 3.8) is 0 Å². The number of benzene rings is 2. The van der Waals surface area contributed by atoms with Gasteiger partial charge in [0.2, 0.25) is 5.91 Å². The second-order valence-corrected chi connectivity index (χ2v) is 6.34. The van der Waals surface area contributed by atoms with Crippen LogP contribution in [0.4, 0.5) is 17.1 Å². The molecule has 2 aromatic rings. The molecule has 0 fully saturated rings. The normalized spacial score (nSPS) is 12.6. The van der Waals surface area contributed by atoms with E-state index in [1.54, 1.807) is 12.1 Å². The summed E-state index contributed by atoms with van der Waals surface area (Å²) in [5.74, 6) is -0.234. The highest BCUT2D eigenvalue weighted by atomic mass is 35.5. The van der Waals surface area contributed by atoms with Gasteiger partial charge in [-0.3, -0.25) is 9.59 Å². The van der Waals surface area contributed by atoms with Gasteiger partial charge in [-0.15, -0.1) is 24.8 Å². The Bertz CT molecular complexity index is 830. The molecule has 152 valence electrons. The number of rotatable bonds is 5. The molecule has 0 aromatic heterocycles. The van der Waals surface area contributed by atoms with Gasteiger partial charge in [0.1, 0.15) is 0 Å². The molecule has 0 spiro atoms. The predicted molar refractivity (Wildman–Crippen MR) is 119 cm³/mol. The number of fused-ring (bicyclic) bond motifs is 1. The predicted octanol–water partition coefficient (Wildman–Crippen LogP) is 3.67. The van der Waals surface area contributed by atoms with Crippen molar-refractivity contribution in [2.45, 2.75) is 19.9 Å². The molecule has 1 aliphatic rings. The maximum absolute atomic E-state index is 12.7. The molecule has 0 bridgehead atoms. The lowest BCUT2D eigenvalue weighted by Gasteiger charge is -2.19. The van der Waals surface area contributed by atoms with Gasteiger partial charge in [0.05, 0.1) is 11.4 Å². The molecule has 8 heteroatoms. The van der Waals surface area contributed by atoms with Gasteiger partial charge in [-0.2, -0.15) is 0 Å². The highest BCUT2D eigenvalue weighted by Crippen LogP contribution is 2.29. The van der Waals surface area contributed by atoms with Crippen molar-refractivity contribution >= 4 is 53.7 Å². The van der Waals surface area contributed by atoms with Crippen molar-refractivity contribution in [2.75, 3.05) is 35.7 Å². The molecular formula is C20H26Cl2N4O2. The summed E-state index contributed by atoms with van der Waals surface area (Å²) in [6.45, 7) is 4.25. The number of amides is 2. The molecular weight excluding hydrogens is 399 g/mol. The van der Waals surface area contributed by atoms with E-state index < -0.39 is 0 Å². The van der Waals surface area contributed by atoms with Crippen molar-refractivity contribution < 1.29 is 9.59 Å². The maximum Gasteiger partial charge on any atom is 0.255 e. The standard InChI is InChI=1S/C20H24N4O2.2ClH/c1-3-21-13-15-6-4-5-7-16(15)23-20(26)14-8-9-18-17(12-14)22-19(25)10-11-24(18)2;;/h4-9,12,21H,3,10-11,13H2,1-2H3,(H,22,25)(H,23,26);2*1H. The molecule has 0 atom stereocenters. The molecule has 1 heterocycles. The zero-order valence-corrected chi connectivity index (χ0v) is 17.6. The first-order valence-electron chi connectivity index (χ1n) is 8.83. The number of nitrogens with one attached hydrogen (secondary N) is 3. The van der Waals surface area contributed by atoms with E-state index in [-0.39, 0.29) is 36.6 Å². The average molecular weight is 425 g/mol. The Balaban J connectivity index is 0.00000196. The third-order valence-corrected chi connectivity index (χ3v) is 4.45. The van der Waals surface area contributed by atoms with Gasteiger partial charge in [-0.25, -0.2) is 0 Å². The first-order chi connectivity index (χ1) is 12.6. The van der Waals surface area contributed by atoms with Crippen molar-refractivity contribution in [3.8, 4) is 0 Å². The van der Waals surface area contributed by atoms with E-state index in [1.165, 1.54) is 0 Å². The summed E-state index contributed by atoms with van der Waals surface area (Å²) in [6, 6.07) is 13.1. The number of hydrogen-bond acceptors (Lipinski definition) is 4. The van der Waals surface area contributed by atoms with Gasteiger partial charge >= 0.3 is 0 Å². The summed E-state index contributed by atoms with van der Waals surface area (Å²) in [5.41, 5.74) is 3.92. The molecule has 6 nitrogen and oxygen atoms in total. The third-order valence-electron chi connectivity index (χ3n) is 4.45. The highest BCUT2D eigenvalue weighted by molar-refractivity contribution is 6.07. The van der Waals surface area contributed by atoms with Gasteiger partial charge in [-0.1, -0.05) is 25.1 Å². The molecule has 0 aliphatic carbocycles. The third kappa shape index (κ3) is 5.61. The van der Waals surface area contributed by atoms with Crippen molar-refractivity contribution in [2.24, 2.45) is 0 Å². The van der Waals surface area contributed by atoms with Crippen LogP contribution in [0.5, 0.6) is 0 Å². The van der Waals surface area contributed by atoms with Gasteiger partial charge in [0.15, 0.2) is 0 Å². The van der Waals surface area contributed by atoms with E-state index in [2.05, 4.69) is 16.0 Å². The lowest BCUT2D eigenvalue weighted by molar-refractivity contribution is -0.115. The molecule has 28 heavy (non-hydrogen) atoms. The van der Waals surface area contributed by atoms with Crippen LogP contribution in [-0.4, -0.2) is 32.0 Å². The number of anilines is 3. The highest BCUT2D eigenvalue weighted by Gasteiger charge is 2.18. The number of carbonyl (C=O) groups excluding carboxylic acids is 2. The summed E-state index contributed by atoms with van der Waals surface area (Å²) < 4.78 is 0. The van der Waals surface area contributed by atoms with Crippen LogP contribution in [0.25, 0.3) is 0 Å². The Morgan fingerprint density at radius 1 is 1.18 bits per heavy atom. The Labute approximate surface area is 177 Å². The fourth-order valence-electron chi connectivity index (χ4n) is 2.96. The molecule has 2 amide bonds. The molecule has 0 saturated carbocycles. The van der Waals surface area contributed by atoms with Crippen LogP contribution >= 0.6 is 24.8 Å². The topological polar surface area (TPSA) is 73.5 Å². The van der Waals surface area contributed by atoms with Crippen LogP contribution in [0, 0.1) is 0 Å².